The van der Waals surface area contributed by atoms with Gasteiger partial charge in [-0.1, -0.05) is 0 Å². The van der Waals surface area contributed by atoms with E-state index >= 15 is 0 Å². The maximum Gasteiger partial charge on any atom is 0.0528 e. The van der Waals surface area contributed by atoms with Crippen molar-refractivity contribution in [2.45, 2.75) is 26.4 Å². The Labute approximate surface area is 98.8 Å². The van der Waals surface area contributed by atoms with Crippen LogP contribution in [-0.2, 0) is 0 Å². The minimum Gasteiger partial charge on any atom is -0.398 e. The van der Waals surface area contributed by atoms with Crippen LogP contribution in [0.1, 0.15) is 18.9 Å². The van der Waals surface area contributed by atoms with Crippen LogP contribution in [0.2, 0.25) is 0 Å². The zero-order valence-electron chi connectivity index (χ0n) is 9.05. The molecular formula is C11H17BrN2O. The van der Waals surface area contributed by atoms with Crippen LogP contribution in [0.15, 0.2) is 16.6 Å². The molecule has 0 aliphatic rings. The summed E-state index contributed by atoms with van der Waals surface area (Å²) in [4.78, 5) is 0. The van der Waals surface area contributed by atoms with Crippen LogP contribution in [0.25, 0.3) is 0 Å². The van der Waals surface area contributed by atoms with Crippen molar-refractivity contribution >= 4 is 27.3 Å². The average molecular weight is 273 g/mol. The lowest BCUT2D eigenvalue weighted by Crippen LogP contribution is -2.10. The molecule has 0 saturated heterocycles. The van der Waals surface area contributed by atoms with E-state index in [0.717, 1.165) is 34.4 Å². The van der Waals surface area contributed by atoms with Gasteiger partial charge in [-0.3, -0.25) is 0 Å². The number of nitrogens with one attached hydrogen (secondary N) is 1. The molecule has 0 amide bonds. The highest BCUT2D eigenvalue weighted by Gasteiger charge is 2.03. The molecule has 1 rings (SSSR count). The van der Waals surface area contributed by atoms with Gasteiger partial charge in [0.1, 0.15) is 0 Å². The number of benzene rings is 1. The molecule has 0 heterocycles. The highest BCUT2D eigenvalue weighted by atomic mass is 79.9. The smallest absolute Gasteiger partial charge is 0.0528 e. The number of hydrogen-bond donors (Lipinski definition) is 3. The molecule has 0 radical (unpaired) electrons. The molecular weight excluding hydrogens is 256 g/mol. The van der Waals surface area contributed by atoms with Gasteiger partial charge in [-0.2, -0.15) is 0 Å². The van der Waals surface area contributed by atoms with Crippen molar-refractivity contribution in [3.63, 3.8) is 0 Å². The Balaban J connectivity index is 2.65. The fourth-order valence-corrected chi connectivity index (χ4v) is 1.75. The number of halogens is 1. The van der Waals surface area contributed by atoms with E-state index in [-0.39, 0.29) is 6.10 Å². The second kappa shape index (κ2) is 5.37. The maximum absolute atomic E-state index is 9.13. The Morgan fingerprint density at radius 1 is 1.53 bits per heavy atom. The summed E-state index contributed by atoms with van der Waals surface area (Å²) in [6.45, 7) is 4.51. The van der Waals surface area contributed by atoms with Crippen molar-refractivity contribution < 1.29 is 5.11 Å². The Morgan fingerprint density at radius 2 is 2.20 bits per heavy atom. The average Bonchev–Trinajstić information content (AvgIpc) is 2.13. The molecule has 1 aromatic carbocycles. The Hall–Kier alpha value is -0.740. The molecule has 0 fully saturated rings. The number of aliphatic hydroxyl groups excluding tert-OH is 1. The van der Waals surface area contributed by atoms with E-state index in [1.54, 1.807) is 6.92 Å². The van der Waals surface area contributed by atoms with Gasteiger partial charge < -0.3 is 16.2 Å². The third-order valence-electron chi connectivity index (χ3n) is 2.23. The van der Waals surface area contributed by atoms with E-state index in [1.165, 1.54) is 0 Å². The van der Waals surface area contributed by atoms with E-state index in [4.69, 9.17) is 10.8 Å². The largest absolute Gasteiger partial charge is 0.398 e. The molecule has 1 atom stereocenters. The lowest BCUT2D eigenvalue weighted by atomic mass is 10.2. The molecule has 0 bridgehead atoms. The number of aliphatic hydroxyl groups is 1. The van der Waals surface area contributed by atoms with E-state index in [1.807, 2.05) is 19.1 Å². The third kappa shape index (κ3) is 3.72. The molecule has 0 saturated carbocycles. The zero-order valence-corrected chi connectivity index (χ0v) is 10.6. The summed E-state index contributed by atoms with van der Waals surface area (Å²) in [6, 6.07) is 3.89. The van der Waals surface area contributed by atoms with Gasteiger partial charge in [0, 0.05) is 22.4 Å². The SMILES string of the molecule is Cc1cc(NCCC(C)O)c(Br)cc1N. The maximum atomic E-state index is 9.13. The number of nitrogen functional groups attached to an aromatic ring is 1. The van der Waals surface area contributed by atoms with Crippen molar-refractivity contribution in [1.29, 1.82) is 0 Å². The molecule has 3 nitrogen and oxygen atoms in total. The van der Waals surface area contributed by atoms with Gasteiger partial charge in [0.15, 0.2) is 0 Å². The molecule has 0 aliphatic heterocycles. The number of rotatable bonds is 4. The van der Waals surface area contributed by atoms with Crippen molar-refractivity contribution in [2.24, 2.45) is 0 Å². The highest BCUT2D eigenvalue weighted by Crippen LogP contribution is 2.27. The van der Waals surface area contributed by atoms with Gasteiger partial charge in [0.25, 0.3) is 0 Å². The van der Waals surface area contributed by atoms with Crippen molar-refractivity contribution in [1.82, 2.24) is 0 Å². The predicted octanol–water partition coefficient (Wildman–Crippen LogP) is 2.52. The van der Waals surface area contributed by atoms with Crippen molar-refractivity contribution in [3.8, 4) is 0 Å². The molecule has 0 spiro atoms. The van der Waals surface area contributed by atoms with Gasteiger partial charge in [0.05, 0.1) is 6.10 Å². The fourth-order valence-electron chi connectivity index (χ4n) is 1.25. The first-order chi connectivity index (χ1) is 7.00. The van der Waals surface area contributed by atoms with Crippen LogP contribution < -0.4 is 11.1 Å². The summed E-state index contributed by atoms with van der Waals surface area (Å²) in [5.74, 6) is 0. The van der Waals surface area contributed by atoms with Crippen LogP contribution in [0.4, 0.5) is 11.4 Å². The third-order valence-corrected chi connectivity index (χ3v) is 2.89. The van der Waals surface area contributed by atoms with Crippen LogP contribution in [0, 0.1) is 6.92 Å². The second-order valence-corrected chi connectivity index (χ2v) is 4.61. The molecule has 1 unspecified atom stereocenters. The summed E-state index contributed by atoms with van der Waals surface area (Å²) >= 11 is 3.44. The quantitative estimate of drug-likeness (QED) is 0.739. The molecule has 15 heavy (non-hydrogen) atoms. The highest BCUT2D eigenvalue weighted by molar-refractivity contribution is 9.10. The van der Waals surface area contributed by atoms with Gasteiger partial charge in [-0.05, 0) is 53.9 Å². The van der Waals surface area contributed by atoms with Crippen LogP contribution >= 0.6 is 15.9 Å². The number of aryl methyl sites for hydroxylation is 1. The first kappa shape index (κ1) is 12.3. The molecule has 0 aromatic heterocycles. The van der Waals surface area contributed by atoms with Gasteiger partial charge >= 0.3 is 0 Å². The van der Waals surface area contributed by atoms with Gasteiger partial charge in [-0.25, -0.2) is 0 Å². The second-order valence-electron chi connectivity index (χ2n) is 3.75. The summed E-state index contributed by atoms with van der Waals surface area (Å²) in [6.07, 6.45) is 0.460. The lowest BCUT2D eigenvalue weighted by molar-refractivity contribution is 0.189. The first-order valence-corrected chi connectivity index (χ1v) is 5.77. The standard InChI is InChI=1S/C11H17BrN2O/c1-7-5-11(9(12)6-10(7)13)14-4-3-8(2)15/h5-6,8,14-15H,3-4,13H2,1-2H3. The van der Waals surface area contributed by atoms with Crippen molar-refractivity contribution in [3.05, 3.63) is 22.2 Å². The lowest BCUT2D eigenvalue weighted by Gasteiger charge is -2.11. The number of hydrogen-bond acceptors (Lipinski definition) is 3. The van der Waals surface area contributed by atoms with Gasteiger partial charge in [0.2, 0.25) is 0 Å². The number of nitrogens with two attached hydrogens (primary N) is 1. The fraction of sp³-hybridized carbons (Fsp3) is 0.455. The summed E-state index contributed by atoms with van der Waals surface area (Å²) < 4.78 is 0.955. The van der Waals surface area contributed by atoms with E-state index < -0.39 is 0 Å². The number of anilines is 2. The summed E-state index contributed by atoms with van der Waals surface area (Å²) in [7, 11) is 0. The normalized spacial score (nSPS) is 12.5. The predicted molar refractivity (Wildman–Crippen MR) is 68.1 cm³/mol. The van der Waals surface area contributed by atoms with Gasteiger partial charge in [-0.15, -0.1) is 0 Å². The molecule has 4 N–H and O–H groups in total. The summed E-state index contributed by atoms with van der Waals surface area (Å²) in [5, 5.41) is 12.4. The van der Waals surface area contributed by atoms with E-state index in [2.05, 4.69) is 21.2 Å². The van der Waals surface area contributed by atoms with E-state index in [0.29, 0.717) is 0 Å². The Bertz CT molecular complexity index is 340. The molecule has 1 aromatic rings. The molecule has 4 heteroatoms. The Kier molecular flexibility index (Phi) is 4.42. The van der Waals surface area contributed by atoms with Crippen molar-refractivity contribution in [2.75, 3.05) is 17.6 Å². The Morgan fingerprint density at radius 3 is 2.80 bits per heavy atom. The van der Waals surface area contributed by atoms with Crippen LogP contribution in [0.3, 0.4) is 0 Å². The first-order valence-electron chi connectivity index (χ1n) is 4.98. The molecule has 84 valence electrons. The summed E-state index contributed by atoms with van der Waals surface area (Å²) in [5.41, 5.74) is 8.62. The monoisotopic (exact) mass is 272 g/mol. The minimum absolute atomic E-state index is 0.272. The van der Waals surface area contributed by atoms with Crippen LogP contribution in [0.5, 0.6) is 0 Å². The zero-order chi connectivity index (χ0) is 11.4. The topological polar surface area (TPSA) is 58.3 Å². The minimum atomic E-state index is -0.272. The van der Waals surface area contributed by atoms with E-state index in [9.17, 15) is 0 Å². The molecule has 0 aliphatic carbocycles. The van der Waals surface area contributed by atoms with Crippen LogP contribution in [-0.4, -0.2) is 17.8 Å².